The smallest absolute Gasteiger partial charge is 0.174 e. The van der Waals surface area contributed by atoms with Crippen molar-refractivity contribution in [2.75, 3.05) is 7.11 Å². The third-order valence-electron chi connectivity index (χ3n) is 6.16. The van der Waals surface area contributed by atoms with E-state index in [1.54, 1.807) is 36.2 Å². The number of rotatable bonds is 5. The molecule has 0 radical (unpaired) electrons. The molecule has 0 spiro atoms. The van der Waals surface area contributed by atoms with Crippen molar-refractivity contribution in [3.05, 3.63) is 89.0 Å². The Morgan fingerprint density at radius 3 is 2.68 bits per heavy atom. The molecule has 0 aliphatic carbocycles. The largest absolute Gasteiger partial charge is 0.495 e. The van der Waals surface area contributed by atoms with Gasteiger partial charge in [-0.15, -0.1) is 0 Å². The first-order valence-corrected chi connectivity index (χ1v) is 11.3. The Bertz CT molecular complexity index is 1340. The van der Waals surface area contributed by atoms with Crippen molar-refractivity contribution in [3.8, 4) is 11.4 Å². The van der Waals surface area contributed by atoms with E-state index in [0.29, 0.717) is 22.8 Å². The van der Waals surface area contributed by atoms with Crippen molar-refractivity contribution >= 4 is 12.2 Å². The van der Waals surface area contributed by atoms with Crippen molar-refractivity contribution < 1.29 is 13.5 Å². The summed E-state index contributed by atoms with van der Waals surface area (Å²) in [6.07, 6.45) is 9.50. The topological polar surface area (TPSA) is 57.8 Å². The van der Waals surface area contributed by atoms with Crippen LogP contribution < -0.4 is 4.74 Å². The molecule has 0 saturated carbocycles. The average molecular weight is 462 g/mol. The molecule has 1 unspecified atom stereocenters. The van der Waals surface area contributed by atoms with Gasteiger partial charge in [-0.05, 0) is 61.6 Å². The molecule has 0 N–H and O–H groups in total. The summed E-state index contributed by atoms with van der Waals surface area (Å²) in [7, 11) is 1.56. The highest BCUT2D eigenvalue weighted by Crippen LogP contribution is 2.30. The van der Waals surface area contributed by atoms with Gasteiger partial charge in [0.2, 0.25) is 0 Å². The molecule has 3 heterocycles. The molecular weight excluding hydrogens is 436 g/mol. The Hall–Kier alpha value is -3.81. The fourth-order valence-corrected chi connectivity index (χ4v) is 4.39. The van der Waals surface area contributed by atoms with Gasteiger partial charge in [0.05, 0.1) is 24.8 Å². The molecule has 1 aliphatic rings. The summed E-state index contributed by atoms with van der Waals surface area (Å²) in [6, 6.07) is 9.78. The van der Waals surface area contributed by atoms with Crippen LogP contribution in [0.4, 0.5) is 8.78 Å². The molecule has 0 amide bonds. The van der Waals surface area contributed by atoms with Gasteiger partial charge < -0.3 is 9.30 Å². The predicted octanol–water partition coefficient (Wildman–Crippen LogP) is 5.35. The second-order valence-electron chi connectivity index (χ2n) is 8.51. The lowest BCUT2D eigenvalue weighted by molar-refractivity contribution is 0.411. The van der Waals surface area contributed by atoms with Gasteiger partial charge in [-0.3, -0.25) is 0 Å². The molecule has 0 saturated heterocycles. The van der Waals surface area contributed by atoms with E-state index >= 15 is 0 Å². The molecule has 34 heavy (non-hydrogen) atoms. The van der Waals surface area contributed by atoms with Gasteiger partial charge in [0.25, 0.3) is 0 Å². The number of aryl methyl sites for hydroxylation is 2. The Labute approximate surface area is 196 Å². The maximum absolute atomic E-state index is 14.9. The number of halogens is 2. The molecule has 174 valence electrons. The third-order valence-corrected chi connectivity index (χ3v) is 6.16. The minimum atomic E-state index is -0.379. The Kier molecular flexibility index (Phi) is 5.96. The molecular formula is C26H25F2N5O. The number of imidazole rings is 1. The first kappa shape index (κ1) is 22.0. The fraction of sp³-hybridized carbons (Fsp3) is 0.269. The van der Waals surface area contributed by atoms with Crippen molar-refractivity contribution in [2.45, 2.75) is 38.6 Å². The number of hydrogen-bond acceptors (Lipinski definition) is 4. The molecule has 0 bridgehead atoms. The lowest BCUT2D eigenvalue weighted by Gasteiger charge is -2.13. The normalized spacial score (nSPS) is 15.9. The predicted molar refractivity (Wildman–Crippen MR) is 126 cm³/mol. The van der Waals surface area contributed by atoms with Crippen molar-refractivity contribution in [1.29, 1.82) is 0 Å². The van der Waals surface area contributed by atoms with Crippen LogP contribution in [-0.4, -0.2) is 31.4 Å². The molecule has 0 fully saturated rings. The summed E-state index contributed by atoms with van der Waals surface area (Å²) in [5.41, 5.74) is 2.90. The summed E-state index contributed by atoms with van der Waals surface area (Å²) < 4.78 is 37.4. The lowest BCUT2D eigenvalue weighted by atomic mass is 9.92. The van der Waals surface area contributed by atoms with Crippen molar-refractivity contribution in [3.63, 3.8) is 0 Å². The zero-order valence-corrected chi connectivity index (χ0v) is 19.1. The number of ether oxygens (including phenoxy) is 1. The minimum Gasteiger partial charge on any atom is -0.495 e. The zero-order chi connectivity index (χ0) is 23.7. The molecule has 2 aromatic carbocycles. The molecule has 4 aromatic rings. The van der Waals surface area contributed by atoms with Crippen LogP contribution in [0.1, 0.15) is 47.2 Å². The molecule has 1 atom stereocenters. The summed E-state index contributed by atoms with van der Waals surface area (Å²) in [5, 5.41) is 4.60. The van der Waals surface area contributed by atoms with Crippen LogP contribution in [-0.2, 0) is 13.0 Å². The molecule has 1 aliphatic heterocycles. The van der Waals surface area contributed by atoms with Crippen LogP contribution >= 0.6 is 0 Å². The van der Waals surface area contributed by atoms with E-state index in [2.05, 4.69) is 15.1 Å². The van der Waals surface area contributed by atoms with Crippen LogP contribution in [0.3, 0.4) is 0 Å². The van der Waals surface area contributed by atoms with Gasteiger partial charge in [0.15, 0.2) is 5.82 Å². The van der Waals surface area contributed by atoms with Gasteiger partial charge in [-0.2, -0.15) is 5.10 Å². The van der Waals surface area contributed by atoms with E-state index in [-0.39, 0.29) is 17.6 Å². The SMILES string of the molecule is COc1cc(/C=C/c2nc3n(n2)CCCC(c2ccc(F)cc2)C3)c(F)cc1-n1cnc(C)c1. The van der Waals surface area contributed by atoms with Gasteiger partial charge in [-0.25, -0.2) is 23.4 Å². The Balaban J connectivity index is 1.38. The minimum absolute atomic E-state index is 0.231. The van der Waals surface area contributed by atoms with E-state index in [9.17, 15) is 8.78 Å². The van der Waals surface area contributed by atoms with Crippen LogP contribution in [0.15, 0.2) is 48.9 Å². The molecule has 8 heteroatoms. The number of benzene rings is 2. The number of aromatic nitrogens is 5. The van der Waals surface area contributed by atoms with Crippen molar-refractivity contribution in [2.24, 2.45) is 0 Å². The number of methoxy groups -OCH3 is 1. The Morgan fingerprint density at radius 1 is 1.12 bits per heavy atom. The third kappa shape index (κ3) is 4.48. The average Bonchev–Trinajstić information content (AvgIpc) is 3.38. The Morgan fingerprint density at radius 2 is 1.94 bits per heavy atom. The quantitative estimate of drug-likeness (QED) is 0.402. The highest BCUT2D eigenvalue weighted by molar-refractivity contribution is 5.69. The zero-order valence-electron chi connectivity index (χ0n) is 19.1. The van der Waals surface area contributed by atoms with Crippen LogP contribution in [0.2, 0.25) is 0 Å². The fourth-order valence-electron chi connectivity index (χ4n) is 4.39. The number of fused-ring (bicyclic) bond motifs is 1. The van der Waals surface area contributed by atoms with Crippen LogP contribution in [0.25, 0.3) is 17.8 Å². The number of hydrogen-bond donors (Lipinski definition) is 0. The summed E-state index contributed by atoms with van der Waals surface area (Å²) >= 11 is 0. The van der Waals surface area contributed by atoms with E-state index in [4.69, 9.17) is 4.74 Å². The first-order valence-electron chi connectivity index (χ1n) is 11.3. The monoisotopic (exact) mass is 461 g/mol. The molecule has 5 rings (SSSR count). The summed E-state index contributed by atoms with van der Waals surface area (Å²) in [6.45, 7) is 2.65. The van der Waals surface area contributed by atoms with Gasteiger partial charge in [0.1, 0.15) is 23.2 Å². The maximum Gasteiger partial charge on any atom is 0.174 e. The van der Waals surface area contributed by atoms with E-state index in [0.717, 1.165) is 42.9 Å². The van der Waals surface area contributed by atoms with E-state index in [1.807, 2.05) is 29.9 Å². The summed E-state index contributed by atoms with van der Waals surface area (Å²) in [5.74, 6) is 1.61. The van der Waals surface area contributed by atoms with Crippen LogP contribution in [0.5, 0.6) is 5.75 Å². The number of nitrogens with zero attached hydrogens (tertiary/aromatic N) is 5. The second-order valence-corrected chi connectivity index (χ2v) is 8.51. The standard InChI is InChI=1S/C26H25F2N5O/c1-17-15-32(16-29-17)23-14-22(28)20(12-24(23)34-2)7-10-25-30-26-13-19(4-3-11-33(26)31-25)18-5-8-21(27)9-6-18/h5-10,12,14-16,19H,3-4,11,13H2,1-2H3/b10-7+. The van der Waals surface area contributed by atoms with Gasteiger partial charge >= 0.3 is 0 Å². The van der Waals surface area contributed by atoms with Crippen LogP contribution in [0, 0.1) is 18.6 Å². The van der Waals surface area contributed by atoms with Gasteiger partial charge in [-0.1, -0.05) is 12.1 Å². The molecule has 6 nitrogen and oxygen atoms in total. The van der Waals surface area contributed by atoms with E-state index in [1.165, 1.54) is 18.2 Å². The van der Waals surface area contributed by atoms with E-state index < -0.39 is 0 Å². The molecule has 2 aromatic heterocycles. The van der Waals surface area contributed by atoms with Gasteiger partial charge in [0, 0.05) is 30.8 Å². The maximum atomic E-state index is 14.9. The van der Waals surface area contributed by atoms with Crippen molar-refractivity contribution in [1.82, 2.24) is 24.3 Å². The first-order chi connectivity index (χ1) is 16.5. The highest BCUT2D eigenvalue weighted by atomic mass is 19.1. The lowest BCUT2D eigenvalue weighted by Crippen LogP contribution is -2.05. The highest BCUT2D eigenvalue weighted by Gasteiger charge is 2.21. The second kappa shape index (κ2) is 9.21. The summed E-state index contributed by atoms with van der Waals surface area (Å²) in [4.78, 5) is 8.88.